The van der Waals surface area contributed by atoms with E-state index in [1.54, 1.807) is 18.2 Å². The largest absolute Gasteiger partial charge is 0.492 e. The average Bonchev–Trinajstić information content (AvgIpc) is 2.43. The predicted octanol–water partition coefficient (Wildman–Crippen LogP) is 2.68. The Morgan fingerprint density at radius 2 is 2.00 bits per heavy atom. The molecule has 4 nitrogen and oxygen atoms in total. The maximum absolute atomic E-state index is 11.9. The maximum atomic E-state index is 11.9. The topological polar surface area (TPSA) is 64.3 Å². The molecule has 0 aliphatic heterocycles. The number of carbonyl (C=O) groups is 1. The molecule has 2 aromatic carbocycles. The highest BCUT2D eigenvalue weighted by Crippen LogP contribution is 2.14. The molecular weight excluding hydrogens is 367 g/mol. The van der Waals surface area contributed by atoms with Crippen LogP contribution in [-0.2, 0) is 0 Å². The van der Waals surface area contributed by atoms with Crippen LogP contribution in [0.15, 0.2) is 48.5 Å². The van der Waals surface area contributed by atoms with Crippen molar-refractivity contribution in [3.63, 3.8) is 0 Å². The lowest BCUT2D eigenvalue weighted by atomic mass is 10.2. The highest BCUT2D eigenvalue weighted by molar-refractivity contribution is 14.1. The van der Waals surface area contributed by atoms with Gasteiger partial charge in [-0.25, -0.2) is 0 Å². The minimum atomic E-state index is -0.0975. The number of ether oxygens (including phenoxy) is 1. The van der Waals surface area contributed by atoms with Crippen LogP contribution in [0.3, 0.4) is 0 Å². The molecule has 0 bridgehead atoms. The summed E-state index contributed by atoms with van der Waals surface area (Å²) >= 11 is 2.18. The number of nitrogens with two attached hydrogens (primary N) is 1. The third-order valence-corrected chi connectivity index (χ3v) is 3.27. The van der Waals surface area contributed by atoms with Gasteiger partial charge >= 0.3 is 0 Å². The lowest BCUT2D eigenvalue weighted by Crippen LogP contribution is -2.28. The van der Waals surface area contributed by atoms with Gasteiger partial charge in [0.15, 0.2) is 0 Å². The molecule has 0 unspecified atom stereocenters. The van der Waals surface area contributed by atoms with Crippen molar-refractivity contribution in [2.45, 2.75) is 0 Å². The van der Waals surface area contributed by atoms with Gasteiger partial charge in [0.1, 0.15) is 12.4 Å². The van der Waals surface area contributed by atoms with Crippen LogP contribution in [0.4, 0.5) is 5.69 Å². The second kappa shape index (κ2) is 7.14. The zero-order valence-corrected chi connectivity index (χ0v) is 13.0. The van der Waals surface area contributed by atoms with Gasteiger partial charge in [0.25, 0.3) is 5.91 Å². The van der Waals surface area contributed by atoms with Crippen LogP contribution in [0, 0.1) is 3.57 Å². The van der Waals surface area contributed by atoms with Crippen molar-refractivity contribution in [1.82, 2.24) is 5.32 Å². The average molecular weight is 382 g/mol. The lowest BCUT2D eigenvalue weighted by Gasteiger charge is -2.08. The van der Waals surface area contributed by atoms with Gasteiger partial charge in [0.2, 0.25) is 0 Å². The van der Waals surface area contributed by atoms with Gasteiger partial charge in [-0.15, -0.1) is 0 Å². The molecule has 0 aromatic heterocycles. The summed E-state index contributed by atoms with van der Waals surface area (Å²) in [4.78, 5) is 11.9. The van der Waals surface area contributed by atoms with Crippen LogP contribution in [0.2, 0.25) is 0 Å². The lowest BCUT2D eigenvalue weighted by molar-refractivity contribution is 0.0947. The van der Waals surface area contributed by atoms with E-state index in [4.69, 9.17) is 10.5 Å². The Morgan fingerprint density at radius 3 is 2.75 bits per heavy atom. The fourth-order valence-corrected chi connectivity index (χ4v) is 2.21. The number of anilines is 1. The quantitative estimate of drug-likeness (QED) is 0.475. The zero-order valence-electron chi connectivity index (χ0n) is 10.8. The van der Waals surface area contributed by atoms with Gasteiger partial charge in [0, 0.05) is 20.9 Å². The third kappa shape index (κ3) is 4.41. The molecule has 0 atom stereocenters. The molecule has 0 saturated carbocycles. The standard InChI is InChI=1S/C15H15IN2O2/c16-12-4-1-3-11(9-12)15(19)18-7-8-20-14-6-2-5-13(17)10-14/h1-6,9-10H,7-8,17H2,(H,18,19). The summed E-state index contributed by atoms with van der Waals surface area (Å²) < 4.78 is 6.53. The van der Waals surface area contributed by atoms with Crippen LogP contribution >= 0.6 is 22.6 Å². The van der Waals surface area contributed by atoms with E-state index in [1.165, 1.54) is 0 Å². The maximum Gasteiger partial charge on any atom is 0.251 e. The Balaban J connectivity index is 1.77. The minimum Gasteiger partial charge on any atom is -0.492 e. The van der Waals surface area contributed by atoms with Gasteiger partial charge in [0.05, 0.1) is 6.54 Å². The fourth-order valence-electron chi connectivity index (χ4n) is 1.67. The van der Waals surface area contributed by atoms with E-state index >= 15 is 0 Å². The molecule has 0 spiro atoms. The fraction of sp³-hybridized carbons (Fsp3) is 0.133. The molecule has 0 aliphatic carbocycles. The number of nitrogen functional groups attached to an aromatic ring is 1. The van der Waals surface area contributed by atoms with Gasteiger partial charge in [-0.3, -0.25) is 4.79 Å². The van der Waals surface area contributed by atoms with Crippen molar-refractivity contribution < 1.29 is 9.53 Å². The van der Waals surface area contributed by atoms with Crippen LogP contribution in [0.1, 0.15) is 10.4 Å². The summed E-state index contributed by atoms with van der Waals surface area (Å²) in [5, 5.41) is 2.81. The molecule has 0 radical (unpaired) electrons. The molecule has 2 aromatic rings. The number of carbonyl (C=O) groups excluding carboxylic acids is 1. The third-order valence-electron chi connectivity index (χ3n) is 2.60. The first-order valence-electron chi connectivity index (χ1n) is 6.17. The molecule has 0 heterocycles. The van der Waals surface area contributed by atoms with Crippen molar-refractivity contribution in [1.29, 1.82) is 0 Å². The van der Waals surface area contributed by atoms with Crippen molar-refractivity contribution >= 4 is 34.2 Å². The van der Waals surface area contributed by atoms with Crippen LogP contribution in [0.5, 0.6) is 5.75 Å². The number of hydrogen-bond donors (Lipinski definition) is 2. The van der Waals surface area contributed by atoms with E-state index in [1.807, 2.05) is 30.3 Å². The number of nitrogens with one attached hydrogen (secondary N) is 1. The summed E-state index contributed by atoms with van der Waals surface area (Å²) in [5.74, 6) is 0.605. The molecule has 2 rings (SSSR count). The Bertz CT molecular complexity index is 602. The first-order chi connectivity index (χ1) is 9.65. The van der Waals surface area contributed by atoms with E-state index in [-0.39, 0.29) is 5.91 Å². The van der Waals surface area contributed by atoms with E-state index in [0.717, 1.165) is 3.57 Å². The van der Waals surface area contributed by atoms with Gasteiger partial charge in [-0.05, 0) is 52.9 Å². The smallest absolute Gasteiger partial charge is 0.251 e. The minimum absolute atomic E-state index is 0.0975. The Labute approximate surface area is 131 Å². The molecular formula is C15H15IN2O2. The number of benzene rings is 2. The second-order valence-electron chi connectivity index (χ2n) is 4.19. The van der Waals surface area contributed by atoms with E-state index in [2.05, 4.69) is 27.9 Å². The van der Waals surface area contributed by atoms with Crippen LogP contribution in [-0.4, -0.2) is 19.1 Å². The van der Waals surface area contributed by atoms with Gasteiger partial charge in [-0.1, -0.05) is 12.1 Å². The molecule has 20 heavy (non-hydrogen) atoms. The van der Waals surface area contributed by atoms with Crippen molar-refractivity contribution in [2.75, 3.05) is 18.9 Å². The van der Waals surface area contributed by atoms with E-state index in [0.29, 0.717) is 30.2 Å². The second-order valence-corrected chi connectivity index (χ2v) is 5.43. The zero-order chi connectivity index (χ0) is 14.4. The van der Waals surface area contributed by atoms with Crippen LogP contribution in [0.25, 0.3) is 0 Å². The normalized spacial score (nSPS) is 10.1. The monoisotopic (exact) mass is 382 g/mol. The molecule has 1 amide bonds. The Morgan fingerprint density at radius 1 is 1.20 bits per heavy atom. The predicted molar refractivity (Wildman–Crippen MR) is 87.8 cm³/mol. The summed E-state index contributed by atoms with van der Waals surface area (Å²) in [6.45, 7) is 0.845. The van der Waals surface area contributed by atoms with Crippen LogP contribution < -0.4 is 15.8 Å². The first-order valence-corrected chi connectivity index (χ1v) is 7.25. The molecule has 0 saturated heterocycles. The first kappa shape index (κ1) is 14.6. The number of halogens is 1. The number of amides is 1. The van der Waals surface area contributed by atoms with Gasteiger partial charge < -0.3 is 15.8 Å². The van der Waals surface area contributed by atoms with Crippen molar-refractivity contribution in [3.05, 3.63) is 57.7 Å². The highest BCUT2D eigenvalue weighted by Gasteiger charge is 2.04. The van der Waals surface area contributed by atoms with Crippen molar-refractivity contribution in [2.24, 2.45) is 0 Å². The molecule has 104 valence electrons. The highest BCUT2D eigenvalue weighted by atomic mass is 127. The summed E-state index contributed by atoms with van der Waals surface area (Å²) in [5.41, 5.74) is 6.96. The number of rotatable bonds is 5. The Kier molecular flexibility index (Phi) is 5.23. The SMILES string of the molecule is Nc1cccc(OCCNC(=O)c2cccc(I)c2)c1. The van der Waals surface area contributed by atoms with E-state index in [9.17, 15) is 4.79 Å². The van der Waals surface area contributed by atoms with Gasteiger partial charge in [-0.2, -0.15) is 0 Å². The molecule has 5 heteroatoms. The summed E-state index contributed by atoms with van der Waals surface area (Å²) in [6, 6.07) is 14.6. The molecule has 0 aliphatic rings. The molecule has 0 fully saturated rings. The number of hydrogen-bond acceptors (Lipinski definition) is 3. The summed E-state index contributed by atoms with van der Waals surface area (Å²) in [7, 11) is 0. The molecule has 3 N–H and O–H groups in total. The van der Waals surface area contributed by atoms with E-state index < -0.39 is 0 Å². The van der Waals surface area contributed by atoms with Crippen molar-refractivity contribution in [3.8, 4) is 5.75 Å². The Hall–Kier alpha value is -1.76. The summed E-state index contributed by atoms with van der Waals surface area (Å²) in [6.07, 6.45) is 0.